The lowest BCUT2D eigenvalue weighted by Crippen LogP contribution is -2.44. The van der Waals surface area contributed by atoms with Crippen molar-refractivity contribution in [3.8, 4) is 0 Å². The predicted molar refractivity (Wildman–Crippen MR) is 92.6 cm³/mol. The molecule has 1 aromatic carbocycles. The zero-order valence-corrected chi connectivity index (χ0v) is 14.5. The number of likely N-dealkylation sites (N-methyl/N-ethyl adjacent to an activating group) is 1. The number of Topliss-reactive ketones (excluding diaryl/α,β-unsaturated/α-hetero) is 1. The molecular weight excluding hydrogens is 290 g/mol. The van der Waals surface area contributed by atoms with Crippen LogP contribution in [0, 0.1) is 11.3 Å². The highest BCUT2D eigenvalue weighted by Crippen LogP contribution is 2.13. The Morgan fingerprint density at radius 2 is 1.74 bits per heavy atom. The molecule has 1 aromatic rings. The van der Waals surface area contributed by atoms with Crippen molar-refractivity contribution in [1.82, 2.24) is 9.80 Å². The van der Waals surface area contributed by atoms with E-state index in [1.807, 2.05) is 49.3 Å². The van der Waals surface area contributed by atoms with Gasteiger partial charge in [0.05, 0.1) is 0 Å². The Kier molecular flexibility index (Phi) is 7.62. The second-order valence-corrected chi connectivity index (χ2v) is 5.97. The Balaban J connectivity index is 2.98. The average molecular weight is 317 g/mol. The molecule has 0 aliphatic rings. The van der Waals surface area contributed by atoms with Crippen LogP contribution < -0.4 is 0 Å². The standard InChI is InChI=1S/C18H27N3O2/c1-5-16(19)17(14(2)22)18(23)21(12-11-20(3)4)13-15-9-7-6-8-10-15/h6-10,17,19H,5,11-13H2,1-4H3. The molecule has 5 heteroatoms. The molecule has 0 bridgehead atoms. The van der Waals surface area contributed by atoms with E-state index < -0.39 is 5.92 Å². The van der Waals surface area contributed by atoms with E-state index in [1.165, 1.54) is 6.92 Å². The van der Waals surface area contributed by atoms with Crippen LogP contribution in [-0.4, -0.2) is 54.4 Å². The van der Waals surface area contributed by atoms with Crippen molar-refractivity contribution >= 4 is 17.4 Å². The first-order valence-corrected chi connectivity index (χ1v) is 7.92. The lowest BCUT2D eigenvalue weighted by atomic mass is 9.95. The van der Waals surface area contributed by atoms with Crippen molar-refractivity contribution in [1.29, 1.82) is 5.41 Å². The van der Waals surface area contributed by atoms with Crippen LogP contribution in [0.15, 0.2) is 30.3 Å². The number of amides is 1. The fourth-order valence-electron chi connectivity index (χ4n) is 2.35. The molecule has 1 amide bonds. The zero-order valence-electron chi connectivity index (χ0n) is 14.5. The van der Waals surface area contributed by atoms with Crippen molar-refractivity contribution < 1.29 is 9.59 Å². The van der Waals surface area contributed by atoms with E-state index in [1.54, 1.807) is 11.8 Å². The molecule has 1 N–H and O–H groups in total. The van der Waals surface area contributed by atoms with Crippen molar-refractivity contribution in [2.45, 2.75) is 26.8 Å². The molecular formula is C18H27N3O2. The van der Waals surface area contributed by atoms with Crippen molar-refractivity contribution in [3.63, 3.8) is 0 Å². The van der Waals surface area contributed by atoms with Gasteiger partial charge in [0.2, 0.25) is 5.91 Å². The summed E-state index contributed by atoms with van der Waals surface area (Å²) in [4.78, 5) is 28.4. The summed E-state index contributed by atoms with van der Waals surface area (Å²) in [6.07, 6.45) is 0.406. The monoisotopic (exact) mass is 317 g/mol. The van der Waals surface area contributed by atoms with Gasteiger partial charge in [-0.2, -0.15) is 0 Å². The molecule has 0 fully saturated rings. The summed E-state index contributed by atoms with van der Waals surface area (Å²) in [5.41, 5.74) is 1.20. The van der Waals surface area contributed by atoms with Gasteiger partial charge in [-0.05, 0) is 33.0 Å². The maximum atomic E-state index is 12.8. The molecule has 0 saturated heterocycles. The molecule has 0 aliphatic carbocycles. The van der Waals surface area contributed by atoms with Crippen molar-refractivity contribution in [2.75, 3.05) is 27.2 Å². The van der Waals surface area contributed by atoms with Crippen LogP contribution in [0.2, 0.25) is 0 Å². The molecule has 0 heterocycles. The molecule has 1 atom stereocenters. The Morgan fingerprint density at radius 1 is 1.13 bits per heavy atom. The Hall–Kier alpha value is -2.01. The number of carbonyl (C=O) groups is 2. The van der Waals surface area contributed by atoms with Crippen molar-refractivity contribution in [3.05, 3.63) is 35.9 Å². The van der Waals surface area contributed by atoms with E-state index >= 15 is 0 Å². The maximum absolute atomic E-state index is 12.8. The lowest BCUT2D eigenvalue weighted by Gasteiger charge is -2.28. The molecule has 0 radical (unpaired) electrons. The summed E-state index contributed by atoms with van der Waals surface area (Å²) in [5.74, 6) is -1.48. The van der Waals surface area contributed by atoms with Crippen LogP contribution in [0.25, 0.3) is 0 Å². The number of nitrogens with zero attached hydrogens (tertiary/aromatic N) is 2. The van der Waals surface area contributed by atoms with E-state index in [9.17, 15) is 9.59 Å². The van der Waals surface area contributed by atoms with Crippen LogP contribution in [-0.2, 0) is 16.1 Å². The van der Waals surface area contributed by atoms with Gasteiger partial charge in [0.25, 0.3) is 0 Å². The third kappa shape index (κ3) is 5.94. The zero-order chi connectivity index (χ0) is 17.4. The quantitative estimate of drug-likeness (QED) is 0.561. The van der Waals surface area contributed by atoms with Crippen LogP contribution in [0.4, 0.5) is 0 Å². The van der Waals surface area contributed by atoms with Crippen LogP contribution in [0.3, 0.4) is 0 Å². The van der Waals surface area contributed by atoms with Gasteiger partial charge in [-0.3, -0.25) is 9.59 Å². The van der Waals surface area contributed by atoms with Crippen molar-refractivity contribution in [2.24, 2.45) is 5.92 Å². The van der Waals surface area contributed by atoms with Crippen LogP contribution in [0.1, 0.15) is 25.8 Å². The highest BCUT2D eigenvalue weighted by atomic mass is 16.2. The first-order valence-electron chi connectivity index (χ1n) is 7.92. The van der Waals surface area contributed by atoms with E-state index in [2.05, 4.69) is 0 Å². The lowest BCUT2D eigenvalue weighted by molar-refractivity contribution is -0.138. The molecule has 23 heavy (non-hydrogen) atoms. The predicted octanol–water partition coefficient (Wildman–Crippen LogP) is 2.21. The highest BCUT2D eigenvalue weighted by Gasteiger charge is 2.31. The molecule has 1 rings (SSSR count). The number of benzene rings is 1. The summed E-state index contributed by atoms with van der Waals surface area (Å²) in [6, 6.07) is 9.72. The van der Waals surface area contributed by atoms with E-state index in [0.717, 1.165) is 5.56 Å². The SMILES string of the molecule is CCC(=N)C(C(C)=O)C(=O)N(CCN(C)C)Cc1ccccc1. The Morgan fingerprint density at radius 3 is 2.22 bits per heavy atom. The van der Waals surface area contributed by atoms with Gasteiger partial charge in [0, 0.05) is 25.3 Å². The molecule has 0 saturated carbocycles. The van der Waals surface area contributed by atoms with Gasteiger partial charge in [0.15, 0.2) is 0 Å². The van der Waals surface area contributed by atoms with Crippen LogP contribution >= 0.6 is 0 Å². The second kappa shape index (κ2) is 9.20. The number of nitrogens with one attached hydrogen (secondary N) is 1. The molecule has 0 aromatic heterocycles. The number of rotatable bonds is 9. The summed E-state index contributed by atoms with van der Waals surface area (Å²) in [7, 11) is 3.89. The summed E-state index contributed by atoms with van der Waals surface area (Å²) >= 11 is 0. The summed E-state index contributed by atoms with van der Waals surface area (Å²) in [6.45, 7) is 4.88. The van der Waals surface area contributed by atoms with Gasteiger partial charge < -0.3 is 15.2 Å². The fourth-order valence-corrected chi connectivity index (χ4v) is 2.35. The van der Waals surface area contributed by atoms with Gasteiger partial charge in [-0.15, -0.1) is 0 Å². The number of ketones is 1. The van der Waals surface area contributed by atoms with E-state index in [-0.39, 0.29) is 17.4 Å². The fraction of sp³-hybridized carbons (Fsp3) is 0.500. The van der Waals surface area contributed by atoms with Crippen LogP contribution in [0.5, 0.6) is 0 Å². The minimum absolute atomic E-state index is 0.186. The minimum Gasteiger partial charge on any atom is -0.336 e. The molecule has 0 spiro atoms. The molecule has 0 aliphatic heterocycles. The first kappa shape index (κ1) is 19.0. The molecule has 5 nitrogen and oxygen atoms in total. The second-order valence-electron chi connectivity index (χ2n) is 5.97. The number of hydrogen-bond acceptors (Lipinski definition) is 4. The summed E-state index contributed by atoms with van der Waals surface area (Å²) in [5, 5.41) is 7.97. The third-order valence-corrected chi connectivity index (χ3v) is 3.73. The van der Waals surface area contributed by atoms with Gasteiger partial charge in [-0.1, -0.05) is 37.3 Å². The van der Waals surface area contributed by atoms with Gasteiger partial charge >= 0.3 is 0 Å². The van der Waals surface area contributed by atoms with Gasteiger partial charge in [0.1, 0.15) is 11.7 Å². The average Bonchev–Trinajstić information content (AvgIpc) is 2.51. The van der Waals surface area contributed by atoms with E-state index in [0.29, 0.717) is 26.1 Å². The molecule has 1 unspecified atom stereocenters. The maximum Gasteiger partial charge on any atom is 0.239 e. The first-order chi connectivity index (χ1) is 10.9. The Labute approximate surface area is 138 Å². The highest BCUT2D eigenvalue weighted by molar-refractivity contribution is 6.18. The largest absolute Gasteiger partial charge is 0.336 e. The third-order valence-electron chi connectivity index (χ3n) is 3.73. The molecule has 126 valence electrons. The minimum atomic E-state index is -0.953. The van der Waals surface area contributed by atoms with E-state index in [4.69, 9.17) is 5.41 Å². The number of carbonyl (C=O) groups excluding carboxylic acids is 2. The Bertz CT molecular complexity index is 540. The summed E-state index contributed by atoms with van der Waals surface area (Å²) < 4.78 is 0. The smallest absolute Gasteiger partial charge is 0.239 e. The number of hydrogen-bond donors (Lipinski definition) is 1. The van der Waals surface area contributed by atoms with Gasteiger partial charge in [-0.25, -0.2) is 0 Å². The topological polar surface area (TPSA) is 64.5 Å². The normalized spacial score (nSPS) is 12.0.